The molecule has 0 spiro atoms. The van der Waals surface area contributed by atoms with Gasteiger partial charge in [0.05, 0.1) is 18.5 Å². The number of hydrogen-bond donors (Lipinski definition) is 2. The van der Waals surface area contributed by atoms with Crippen LogP contribution in [0.15, 0.2) is 30.5 Å². The Bertz CT molecular complexity index is 579. The molecule has 0 saturated heterocycles. The molecule has 7 nitrogen and oxygen atoms in total. The minimum absolute atomic E-state index is 0.129. The molecule has 0 bridgehead atoms. The number of nitrogens with one attached hydrogen (secondary N) is 2. The van der Waals surface area contributed by atoms with Crippen molar-refractivity contribution >= 4 is 11.6 Å². The standard InChI is InChI=1S/C14H19N5O2/c1-3-21-13-6-4-11(5-7-13)16-14(20)10-19-9-12(8-15-2)17-18-19/h4-7,9,15H,3,8,10H2,1-2H3,(H,16,20). The number of nitrogens with zero attached hydrogens (tertiary/aromatic N) is 3. The Morgan fingerprint density at radius 1 is 1.33 bits per heavy atom. The summed E-state index contributed by atoms with van der Waals surface area (Å²) in [5.41, 5.74) is 1.52. The number of carbonyl (C=O) groups is 1. The molecule has 2 aromatic rings. The molecule has 0 atom stereocenters. The van der Waals surface area contributed by atoms with E-state index in [-0.39, 0.29) is 12.5 Å². The van der Waals surface area contributed by atoms with Crippen LogP contribution in [0.1, 0.15) is 12.6 Å². The molecule has 0 aliphatic rings. The molecule has 0 aliphatic heterocycles. The zero-order valence-corrected chi connectivity index (χ0v) is 12.2. The number of hydrogen-bond acceptors (Lipinski definition) is 5. The Balaban J connectivity index is 1.88. The molecule has 0 radical (unpaired) electrons. The molecule has 0 saturated carbocycles. The summed E-state index contributed by atoms with van der Waals surface area (Å²) in [5.74, 6) is 0.628. The van der Waals surface area contributed by atoms with E-state index in [4.69, 9.17) is 4.74 Å². The largest absolute Gasteiger partial charge is 0.494 e. The summed E-state index contributed by atoms with van der Waals surface area (Å²) in [7, 11) is 1.83. The van der Waals surface area contributed by atoms with Gasteiger partial charge in [-0.2, -0.15) is 0 Å². The van der Waals surface area contributed by atoms with Crippen molar-refractivity contribution in [2.45, 2.75) is 20.0 Å². The Kier molecular flexibility index (Phi) is 5.28. The lowest BCUT2D eigenvalue weighted by Gasteiger charge is -2.07. The maximum absolute atomic E-state index is 11.9. The van der Waals surface area contributed by atoms with Crippen molar-refractivity contribution in [3.63, 3.8) is 0 Å². The predicted octanol–water partition coefficient (Wildman–Crippen LogP) is 1.03. The number of benzene rings is 1. The minimum Gasteiger partial charge on any atom is -0.494 e. The van der Waals surface area contributed by atoms with Gasteiger partial charge in [0.15, 0.2) is 0 Å². The average molecular weight is 289 g/mol. The summed E-state index contributed by atoms with van der Waals surface area (Å²) in [6, 6.07) is 7.24. The van der Waals surface area contributed by atoms with Crippen molar-refractivity contribution in [3.05, 3.63) is 36.2 Å². The molecule has 0 unspecified atom stereocenters. The van der Waals surface area contributed by atoms with E-state index >= 15 is 0 Å². The van der Waals surface area contributed by atoms with E-state index in [0.717, 1.165) is 17.1 Å². The summed E-state index contributed by atoms with van der Waals surface area (Å²) in [6.45, 7) is 3.30. The third kappa shape index (κ3) is 4.57. The summed E-state index contributed by atoms with van der Waals surface area (Å²) in [6.07, 6.45) is 1.74. The Labute approximate surface area is 123 Å². The zero-order chi connectivity index (χ0) is 15.1. The fraction of sp³-hybridized carbons (Fsp3) is 0.357. The van der Waals surface area contributed by atoms with Crippen LogP contribution in [0, 0.1) is 0 Å². The van der Waals surface area contributed by atoms with Gasteiger partial charge in [0, 0.05) is 12.2 Å². The Morgan fingerprint density at radius 3 is 2.76 bits per heavy atom. The predicted molar refractivity (Wildman–Crippen MR) is 79.0 cm³/mol. The van der Waals surface area contributed by atoms with Gasteiger partial charge >= 0.3 is 0 Å². The SMILES string of the molecule is CCOc1ccc(NC(=O)Cn2cc(CNC)nn2)cc1. The van der Waals surface area contributed by atoms with Gasteiger partial charge in [0.1, 0.15) is 12.3 Å². The summed E-state index contributed by atoms with van der Waals surface area (Å²) in [4.78, 5) is 11.9. The van der Waals surface area contributed by atoms with Crippen molar-refractivity contribution in [2.75, 3.05) is 19.0 Å². The molecule has 1 amide bonds. The van der Waals surface area contributed by atoms with Crippen molar-refractivity contribution < 1.29 is 9.53 Å². The molecule has 2 rings (SSSR count). The number of ether oxygens (including phenoxy) is 1. The number of aromatic nitrogens is 3. The molecule has 2 N–H and O–H groups in total. The smallest absolute Gasteiger partial charge is 0.246 e. The molecular formula is C14H19N5O2. The molecule has 1 aromatic carbocycles. The van der Waals surface area contributed by atoms with Gasteiger partial charge in [0.2, 0.25) is 5.91 Å². The lowest BCUT2D eigenvalue weighted by atomic mass is 10.3. The monoisotopic (exact) mass is 289 g/mol. The second-order valence-electron chi connectivity index (χ2n) is 4.44. The minimum atomic E-state index is -0.153. The van der Waals surface area contributed by atoms with E-state index in [2.05, 4.69) is 20.9 Å². The van der Waals surface area contributed by atoms with Gasteiger partial charge in [-0.05, 0) is 38.2 Å². The third-order valence-electron chi connectivity index (χ3n) is 2.70. The van der Waals surface area contributed by atoms with Gasteiger partial charge in [0.25, 0.3) is 0 Å². The summed E-state index contributed by atoms with van der Waals surface area (Å²) < 4.78 is 6.86. The van der Waals surface area contributed by atoms with Crippen LogP contribution in [-0.4, -0.2) is 34.6 Å². The molecule has 1 heterocycles. The first-order valence-electron chi connectivity index (χ1n) is 6.77. The zero-order valence-electron chi connectivity index (χ0n) is 12.2. The van der Waals surface area contributed by atoms with E-state index in [0.29, 0.717) is 13.2 Å². The highest BCUT2D eigenvalue weighted by atomic mass is 16.5. The van der Waals surface area contributed by atoms with Gasteiger partial charge in [-0.3, -0.25) is 4.79 Å². The van der Waals surface area contributed by atoms with Gasteiger partial charge in [-0.15, -0.1) is 5.10 Å². The number of rotatable bonds is 7. The lowest BCUT2D eigenvalue weighted by molar-refractivity contribution is -0.116. The van der Waals surface area contributed by atoms with Gasteiger partial charge in [-0.25, -0.2) is 4.68 Å². The summed E-state index contributed by atoms with van der Waals surface area (Å²) in [5, 5.41) is 13.6. The molecule has 0 fully saturated rings. The van der Waals surface area contributed by atoms with Gasteiger partial charge < -0.3 is 15.4 Å². The molecule has 7 heteroatoms. The van der Waals surface area contributed by atoms with Crippen LogP contribution < -0.4 is 15.4 Å². The first kappa shape index (κ1) is 15.0. The van der Waals surface area contributed by atoms with Crippen molar-refractivity contribution in [1.29, 1.82) is 0 Å². The number of carbonyl (C=O) groups excluding carboxylic acids is 1. The van der Waals surface area contributed by atoms with Crippen LogP contribution in [0.3, 0.4) is 0 Å². The van der Waals surface area contributed by atoms with Crippen LogP contribution in [-0.2, 0) is 17.9 Å². The topological polar surface area (TPSA) is 81.1 Å². The van der Waals surface area contributed by atoms with Crippen LogP contribution in [0.5, 0.6) is 5.75 Å². The highest BCUT2D eigenvalue weighted by molar-refractivity contribution is 5.90. The normalized spacial score (nSPS) is 10.4. The molecular weight excluding hydrogens is 270 g/mol. The molecule has 21 heavy (non-hydrogen) atoms. The molecule has 0 aliphatic carbocycles. The fourth-order valence-electron chi connectivity index (χ4n) is 1.83. The lowest BCUT2D eigenvalue weighted by Crippen LogP contribution is -2.19. The Morgan fingerprint density at radius 2 is 2.10 bits per heavy atom. The average Bonchev–Trinajstić information content (AvgIpc) is 2.89. The van der Waals surface area contributed by atoms with E-state index in [1.54, 1.807) is 18.3 Å². The molecule has 112 valence electrons. The van der Waals surface area contributed by atoms with Crippen molar-refractivity contribution in [1.82, 2.24) is 20.3 Å². The van der Waals surface area contributed by atoms with E-state index in [9.17, 15) is 4.79 Å². The first-order chi connectivity index (χ1) is 10.2. The molecule has 1 aromatic heterocycles. The van der Waals surface area contributed by atoms with Crippen LogP contribution in [0.4, 0.5) is 5.69 Å². The Hall–Kier alpha value is -2.41. The number of amides is 1. The van der Waals surface area contributed by atoms with Crippen molar-refractivity contribution in [2.24, 2.45) is 0 Å². The van der Waals surface area contributed by atoms with E-state index < -0.39 is 0 Å². The maximum atomic E-state index is 11.9. The van der Waals surface area contributed by atoms with Crippen LogP contribution >= 0.6 is 0 Å². The highest BCUT2D eigenvalue weighted by Gasteiger charge is 2.06. The quantitative estimate of drug-likeness (QED) is 0.796. The van der Waals surface area contributed by atoms with E-state index in [1.807, 2.05) is 26.1 Å². The first-order valence-corrected chi connectivity index (χ1v) is 6.77. The highest BCUT2D eigenvalue weighted by Crippen LogP contribution is 2.15. The maximum Gasteiger partial charge on any atom is 0.246 e. The fourth-order valence-corrected chi connectivity index (χ4v) is 1.83. The van der Waals surface area contributed by atoms with Crippen LogP contribution in [0.2, 0.25) is 0 Å². The summed E-state index contributed by atoms with van der Waals surface area (Å²) >= 11 is 0. The van der Waals surface area contributed by atoms with Crippen LogP contribution in [0.25, 0.3) is 0 Å². The second kappa shape index (κ2) is 7.39. The van der Waals surface area contributed by atoms with E-state index in [1.165, 1.54) is 4.68 Å². The number of anilines is 1. The van der Waals surface area contributed by atoms with Crippen molar-refractivity contribution in [3.8, 4) is 5.75 Å². The second-order valence-corrected chi connectivity index (χ2v) is 4.44. The third-order valence-corrected chi connectivity index (χ3v) is 2.70. The van der Waals surface area contributed by atoms with Gasteiger partial charge in [-0.1, -0.05) is 5.21 Å².